The van der Waals surface area contributed by atoms with Crippen LogP contribution in [0.2, 0.25) is 0 Å². The zero-order valence-corrected chi connectivity index (χ0v) is 21.5. The van der Waals surface area contributed by atoms with Gasteiger partial charge in [-0.3, -0.25) is 0 Å². The molecular formula is C27H29N3O10. The molecule has 0 saturated carbocycles. The number of ether oxygens (including phenoxy) is 5. The van der Waals surface area contributed by atoms with Crippen molar-refractivity contribution in [3.8, 4) is 23.8 Å². The Kier molecular flexibility index (Phi) is 9.67. The molecule has 212 valence electrons. The first-order valence-corrected chi connectivity index (χ1v) is 12.2. The standard InChI is InChI=1S/C27H29N3O10/c1-3-15-5-4-6-16(11-15)30-25-17-12-19(37-8-7-36-2)20(13-18(17)28-14-29-25)38-9-10-39-27-23(33)21(31)22(32)24(40-27)26(34)35/h1,4-6,11-14,21-24,27,31-33H,7-10H2,2H3,(H,34,35)(H,28,29,30)/t21-,22-,23+,24-,27?/m0/s1. The lowest BCUT2D eigenvalue weighted by molar-refractivity contribution is -0.294. The van der Waals surface area contributed by atoms with Gasteiger partial charge in [0.1, 0.15) is 43.7 Å². The van der Waals surface area contributed by atoms with E-state index in [-0.39, 0.29) is 19.8 Å². The minimum absolute atomic E-state index is 0.0653. The third-order valence-corrected chi connectivity index (χ3v) is 5.97. The van der Waals surface area contributed by atoms with Crippen LogP contribution in [0.5, 0.6) is 11.5 Å². The van der Waals surface area contributed by atoms with E-state index in [2.05, 4.69) is 21.2 Å². The van der Waals surface area contributed by atoms with Gasteiger partial charge in [0.25, 0.3) is 0 Å². The Bertz CT molecular complexity index is 1360. The van der Waals surface area contributed by atoms with Gasteiger partial charge >= 0.3 is 5.97 Å². The van der Waals surface area contributed by atoms with Crippen LogP contribution in [0.4, 0.5) is 11.5 Å². The van der Waals surface area contributed by atoms with Crippen molar-refractivity contribution in [1.29, 1.82) is 0 Å². The van der Waals surface area contributed by atoms with Gasteiger partial charge < -0.3 is 49.4 Å². The quantitative estimate of drug-likeness (QED) is 0.155. The second-order valence-electron chi connectivity index (χ2n) is 8.68. The van der Waals surface area contributed by atoms with Crippen molar-refractivity contribution in [3.05, 3.63) is 48.3 Å². The summed E-state index contributed by atoms with van der Waals surface area (Å²) in [5.74, 6) is 2.31. The van der Waals surface area contributed by atoms with Crippen LogP contribution in [0.25, 0.3) is 10.9 Å². The number of carbonyl (C=O) groups is 1. The van der Waals surface area contributed by atoms with E-state index in [4.69, 9.17) is 30.1 Å². The number of nitrogens with zero attached hydrogens (tertiary/aromatic N) is 2. The van der Waals surface area contributed by atoms with Gasteiger partial charge in [-0.05, 0) is 24.3 Å². The normalized spacial score (nSPS) is 22.4. The van der Waals surface area contributed by atoms with Gasteiger partial charge in [0, 0.05) is 29.8 Å². The Morgan fingerprint density at radius 2 is 1.77 bits per heavy atom. The van der Waals surface area contributed by atoms with E-state index in [9.17, 15) is 25.2 Å². The largest absolute Gasteiger partial charge is 0.487 e. The smallest absolute Gasteiger partial charge is 0.335 e. The summed E-state index contributed by atoms with van der Waals surface area (Å²) in [5.41, 5.74) is 2.00. The number of aliphatic carboxylic acids is 1. The highest BCUT2D eigenvalue weighted by Gasteiger charge is 2.47. The molecule has 0 aliphatic carbocycles. The van der Waals surface area contributed by atoms with Crippen LogP contribution in [0.3, 0.4) is 0 Å². The molecule has 5 N–H and O–H groups in total. The number of carboxylic acid groups (broad SMARTS) is 1. The van der Waals surface area contributed by atoms with Crippen molar-refractivity contribution < 1.29 is 48.9 Å². The van der Waals surface area contributed by atoms with E-state index >= 15 is 0 Å². The summed E-state index contributed by atoms with van der Waals surface area (Å²) in [6.07, 6.45) is -1.59. The van der Waals surface area contributed by atoms with Crippen LogP contribution < -0.4 is 14.8 Å². The molecule has 5 atom stereocenters. The van der Waals surface area contributed by atoms with Gasteiger partial charge in [0.15, 0.2) is 23.9 Å². The topological polar surface area (TPSA) is 182 Å². The summed E-state index contributed by atoms with van der Waals surface area (Å²) in [5, 5.41) is 42.9. The number of aliphatic hydroxyl groups is 3. The Hall–Kier alpha value is -4.03. The maximum atomic E-state index is 11.3. The van der Waals surface area contributed by atoms with E-state index in [0.717, 1.165) is 5.69 Å². The van der Waals surface area contributed by atoms with Crippen LogP contribution in [0.15, 0.2) is 42.7 Å². The first-order valence-electron chi connectivity index (χ1n) is 12.2. The third-order valence-electron chi connectivity index (χ3n) is 5.97. The Morgan fingerprint density at radius 3 is 2.50 bits per heavy atom. The fraction of sp³-hybridized carbons (Fsp3) is 0.370. The molecule has 4 rings (SSSR count). The lowest BCUT2D eigenvalue weighted by Gasteiger charge is -2.38. The predicted molar refractivity (Wildman–Crippen MR) is 140 cm³/mol. The van der Waals surface area contributed by atoms with E-state index in [1.807, 2.05) is 24.3 Å². The minimum Gasteiger partial charge on any atom is -0.487 e. The number of benzene rings is 2. The summed E-state index contributed by atoms with van der Waals surface area (Å²) in [6.45, 7) is 0.332. The Morgan fingerprint density at radius 1 is 1.02 bits per heavy atom. The van der Waals surface area contributed by atoms with Gasteiger partial charge in [0.2, 0.25) is 0 Å². The Labute approximate surface area is 229 Å². The number of hydrogen-bond acceptors (Lipinski definition) is 12. The summed E-state index contributed by atoms with van der Waals surface area (Å²) in [7, 11) is 1.55. The summed E-state index contributed by atoms with van der Waals surface area (Å²) in [6, 6.07) is 10.7. The number of fused-ring (bicyclic) bond motifs is 1. The van der Waals surface area contributed by atoms with Gasteiger partial charge in [-0.2, -0.15) is 0 Å². The molecule has 0 radical (unpaired) electrons. The minimum atomic E-state index is -1.81. The predicted octanol–water partition coefficient (Wildman–Crippen LogP) is 0.667. The van der Waals surface area contributed by atoms with Crippen molar-refractivity contribution in [2.24, 2.45) is 0 Å². The van der Waals surface area contributed by atoms with Crippen molar-refractivity contribution in [3.63, 3.8) is 0 Å². The van der Waals surface area contributed by atoms with Crippen molar-refractivity contribution in [2.45, 2.75) is 30.7 Å². The fourth-order valence-corrected chi connectivity index (χ4v) is 3.95. The van der Waals surface area contributed by atoms with Crippen LogP contribution >= 0.6 is 0 Å². The van der Waals surface area contributed by atoms with Crippen molar-refractivity contribution >= 4 is 28.4 Å². The van der Waals surface area contributed by atoms with Gasteiger partial charge in [-0.25, -0.2) is 14.8 Å². The third kappa shape index (κ3) is 6.75. The van der Waals surface area contributed by atoms with E-state index in [0.29, 0.717) is 40.4 Å². The molecule has 1 unspecified atom stereocenters. The maximum Gasteiger partial charge on any atom is 0.335 e. The van der Waals surface area contributed by atoms with E-state index < -0.39 is 36.7 Å². The maximum absolute atomic E-state index is 11.3. The highest BCUT2D eigenvalue weighted by molar-refractivity contribution is 5.93. The number of methoxy groups -OCH3 is 1. The number of terminal acetylenes is 1. The number of hydrogen-bond donors (Lipinski definition) is 5. The summed E-state index contributed by atoms with van der Waals surface area (Å²) in [4.78, 5) is 20.0. The first kappa shape index (κ1) is 29.0. The second-order valence-corrected chi connectivity index (χ2v) is 8.68. The van der Waals surface area contributed by atoms with Gasteiger partial charge in [-0.1, -0.05) is 12.0 Å². The number of carboxylic acids is 1. The molecule has 3 aromatic rings. The molecule has 0 bridgehead atoms. The molecule has 0 amide bonds. The van der Waals surface area contributed by atoms with Gasteiger partial charge in [0.05, 0.1) is 18.7 Å². The van der Waals surface area contributed by atoms with Crippen molar-refractivity contribution in [2.75, 3.05) is 38.9 Å². The molecule has 1 aromatic heterocycles. The lowest BCUT2D eigenvalue weighted by atomic mass is 9.99. The van der Waals surface area contributed by atoms with Crippen LogP contribution in [0.1, 0.15) is 5.56 Å². The molecule has 1 saturated heterocycles. The number of rotatable bonds is 12. The van der Waals surface area contributed by atoms with Crippen LogP contribution in [-0.4, -0.2) is 101 Å². The molecule has 40 heavy (non-hydrogen) atoms. The average molecular weight is 556 g/mol. The number of nitrogens with one attached hydrogen (secondary N) is 1. The fourth-order valence-electron chi connectivity index (χ4n) is 3.95. The van der Waals surface area contributed by atoms with Crippen LogP contribution in [-0.2, 0) is 19.0 Å². The zero-order chi connectivity index (χ0) is 28.6. The summed E-state index contributed by atoms with van der Waals surface area (Å²) >= 11 is 0. The molecule has 13 nitrogen and oxygen atoms in total. The number of aliphatic hydroxyl groups excluding tert-OH is 3. The highest BCUT2D eigenvalue weighted by atomic mass is 16.7. The molecule has 13 heteroatoms. The summed E-state index contributed by atoms with van der Waals surface area (Å²) < 4.78 is 27.3. The molecule has 1 aliphatic heterocycles. The van der Waals surface area contributed by atoms with E-state index in [1.165, 1.54) is 6.33 Å². The lowest BCUT2D eigenvalue weighted by Crippen LogP contribution is -2.60. The monoisotopic (exact) mass is 555 g/mol. The molecule has 0 spiro atoms. The van der Waals surface area contributed by atoms with E-state index in [1.54, 1.807) is 19.2 Å². The molecular weight excluding hydrogens is 526 g/mol. The highest BCUT2D eigenvalue weighted by Crippen LogP contribution is 2.35. The SMILES string of the molecule is C#Cc1cccc(Nc2ncnc3cc(OCCOC4O[C@H](C(=O)O)[C@@H](O)[C@H](O)[C@H]4O)c(OCCOC)cc23)c1. The van der Waals surface area contributed by atoms with Crippen LogP contribution in [0, 0.1) is 12.3 Å². The van der Waals surface area contributed by atoms with Gasteiger partial charge in [-0.15, -0.1) is 6.42 Å². The average Bonchev–Trinajstić information content (AvgIpc) is 2.95. The number of aromatic nitrogens is 2. The second kappa shape index (κ2) is 13.4. The Balaban J connectivity index is 1.49. The molecule has 2 aromatic carbocycles. The molecule has 1 fully saturated rings. The zero-order valence-electron chi connectivity index (χ0n) is 21.5. The molecule has 1 aliphatic rings. The molecule has 2 heterocycles. The van der Waals surface area contributed by atoms with Crippen molar-refractivity contribution in [1.82, 2.24) is 9.97 Å². The number of anilines is 2. The first-order chi connectivity index (χ1) is 19.3.